The number of allylic oxidation sites excluding steroid dienone is 8. The second kappa shape index (κ2) is 8.52. The molecule has 1 aliphatic heterocycles. The van der Waals surface area contributed by atoms with E-state index in [2.05, 4.69) is 121 Å². The Balaban J connectivity index is 2.19. The Hall–Kier alpha value is -2.80. The van der Waals surface area contributed by atoms with Crippen LogP contribution in [-0.2, 0) is 11.8 Å². The summed E-state index contributed by atoms with van der Waals surface area (Å²) in [6, 6.07) is 11.3. The van der Waals surface area contributed by atoms with Crippen molar-refractivity contribution in [1.29, 1.82) is 0 Å². The summed E-state index contributed by atoms with van der Waals surface area (Å²) in [4.78, 5) is 2.45. The average Bonchev–Trinajstić information content (AvgIpc) is 2.83. The van der Waals surface area contributed by atoms with Crippen LogP contribution in [0.3, 0.4) is 0 Å². The van der Waals surface area contributed by atoms with Crippen LogP contribution in [0.5, 0.6) is 0 Å². The van der Waals surface area contributed by atoms with Gasteiger partial charge < -0.3 is 4.90 Å². The van der Waals surface area contributed by atoms with Crippen LogP contribution in [0.25, 0.3) is 10.8 Å². The maximum absolute atomic E-state index is 4.37. The topological polar surface area (TPSA) is 3.24 Å². The Morgan fingerprint density at radius 2 is 1.70 bits per heavy atom. The molecule has 0 radical (unpaired) electrons. The van der Waals surface area contributed by atoms with E-state index in [9.17, 15) is 0 Å². The summed E-state index contributed by atoms with van der Waals surface area (Å²) in [6.07, 6.45) is 14.0. The van der Waals surface area contributed by atoms with Gasteiger partial charge in [-0.3, -0.25) is 0 Å². The molecule has 0 N–H and O–H groups in total. The molecule has 0 aromatic heterocycles. The highest BCUT2D eigenvalue weighted by atomic mass is 15.1. The third kappa shape index (κ3) is 3.62. The summed E-state index contributed by atoms with van der Waals surface area (Å²) < 4.78 is 0. The number of aryl methyl sites for hydroxylation is 1. The number of benzene rings is 2. The van der Waals surface area contributed by atoms with Gasteiger partial charge in [0.05, 0.1) is 0 Å². The highest BCUT2D eigenvalue weighted by Crippen LogP contribution is 2.57. The summed E-state index contributed by atoms with van der Waals surface area (Å²) in [6.45, 7) is 18.8. The molecule has 2 aromatic rings. The molecule has 0 saturated carbocycles. The molecular formula is C32H39N. The first-order chi connectivity index (χ1) is 15.6. The van der Waals surface area contributed by atoms with Crippen molar-refractivity contribution in [2.45, 2.75) is 66.2 Å². The quantitative estimate of drug-likeness (QED) is 0.453. The van der Waals surface area contributed by atoms with Crippen molar-refractivity contribution < 1.29 is 0 Å². The third-order valence-corrected chi connectivity index (χ3v) is 8.31. The van der Waals surface area contributed by atoms with Gasteiger partial charge in [-0.2, -0.15) is 0 Å². The average molecular weight is 438 g/mol. The summed E-state index contributed by atoms with van der Waals surface area (Å²) in [5.74, 6) is 0. The Morgan fingerprint density at radius 3 is 2.39 bits per heavy atom. The molecule has 1 heteroatoms. The zero-order valence-corrected chi connectivity index (χ0v) is 21.5. The fraction of sp³-hybridized carbons (Fsp3) is 0.375. The van der Waals surface area contributed by atoms with Gasteiger partial charge in [-0.25, -0.2) is 0 Å². The van der Waals surface area contributed by atoms with Crippen LogP contribution in [-0.4, -0.2) is 7.05 Å². The molecule has 0 unspecified atom stereocenters. The van der Waals surface area contributed by atoms with Crippen molar-refractivity contribution in [1.82, 2.24) is 0 Å². The Morgan fingerprint density at radius 1 is 0.970 bits per heavy atom. The van der Waals surface area contributed by atoms with Crippen LogP contribution in [0, 0.1) is 5.41 Å². The maximum atomic E-state index is 4.37. The number of hydrogen-bond donors (Lipinski definition) is 0. The van der Waals surface area contributed by atoms with E-state index in [4.69, 9.17) is 0 Å². The van der Waals surface area contributed by atoms with E-state index in [-0.39, 0.29) is 10.8 Å². The Kier molecular flexibility index (Phi) is 6.03. The van der Waals surface area contributed by atoms with E-state index < -0.39 is 0 Å². The molecule has 2 aromatic carbocycles. The number of hydrogen-bond acceptors (Lipinski definition) is 1. The van der Waals surface area contributed by atoms with Crippen LogP contribution < -0.4 is 4.90 Å². The van der Waals surface area contributed by atoms with Crippen molar-refractivity contribution >= 4 is 16.5 Å². The second-order valence-electron chi connectivity index (χ2n) is 10.6. The molecule has 2 aliphatic rings. The maximum Gasteiger partial charge on any atom is 0.0455 e. The van der Waals surface area contributed by atoms with Gasteiger partial charge in [0, 0.05) is 29.3 Å². The van der Waals surface area contributed by atoms with Crippen LogP contribution in [0.15, 0.2) is 89.7 Å². The lowest BCUT2D eigenvalue weighted by Gasteiger charge is -2.45. The van der Waals surface area contributed by atoms with E-state index in [0.717, 1.165) is 24.8 Å². The largest absolute Gasteiger partial charge is 0.344 e. The van der Waals surface area contributed by atoms with Crippen LogP contribution in [0.4, 0.5) is 5.69 Å². The van der Waals surface area contributed by atoms with Crippen molar-refractivity contribution in [3.63, 3.8) is 0 Å². The molecule has 0 spiro atoms. The summed E-state index contributed by atoms with van der Waals surface area (Å²) >= 11 is 0. The standard InChI is InChI=1S/C32H39N/c1-9-23-17-13-11-12-16-22(3)20-27-29(23)31(4,5)32(6,7)30-25(10-2)26-19-15-14-18-24(26)21-28(30)33(27)8/h11-16,18-21H,3,9-10,17H2,1-2,4-8H3/b13-11-,16-12-,27-20?,29-23?. The number of nitrogens with zero attached hydrogens (tertiary/aromatic N) is 1. The molecule has 0 saturated heterocycles. The molecule has 0 amide bonds. The minimum absolute atomic E-state index is 0.0671. The van der Waals surface area contributed by atoms with E-state index >= 15 is 0 Å². The molecule has 1 nitrogen and oxygen atoms in total. The lowest BCUT2D eigenvalue weighted by Crippen LogP contribution is -2.39. The van der Waals surface area contributed by atoms with Gasteiger partial charge in [-0.15, -0.1) is 0 Å². The van der Waals surface area contributed by atoms with Crippen LogP contribution >= 0.6 is 0 Å². The summed E-state index contributed by atoms with van der Waals surface area (Å²) in [7, 11) is 2.25. The van der Waals surface area contributed by atoms with Gasteiger partial charge in [-0.1, -0.05) is 102 Å². The predicted octanol–water partition coefficient (Wildman–Crippen LogP) is 8.82. The fourth-order valence-corrected chi connectivity index (χ4v) is 5.89. The summed E-state index contributed by atoms with van der Waals surface area (Å²) in [5, 5.41) is 2.71. The van der Waals surface area contributed by atoms with Crippen LogP contribution in [0.1, 0.15) is 65.5 Å². The van der Waals surface area contributed by atoms with E-state index in [1.807, 2.05) is 0 Å². The molecule has 4 rings (SSSR count). The minimum atomic E-state index is -0.0763. The van der Waals surface area contributed by atoms with Crippen LogP contribution in [0.2, 0.25) is 0 Å². The van der Waals surface area contributed by atoms with Gasteiger partial charge in [0.15, 0.2) is 0 Å². The first-order valence-corrected chi connectivity index (χ1v) is 12.4. The molecule has 1 heterocycles. The molecular weight excluding hydrogens is 398 g/mol. The number of fused-ring (bicyclic) bond motifs is 3. The number of rotatable bonds is 2. The third-order valence-electron chi connectivity index (χ3n) is 8.31. The highest BCUT2D eigenvalue weighted by Gasteiger charge is 2.48. The first kappa shape index (κ1) is 23.4. The van der Waals surface area contributed by atoms with Gasteiger partial charge >= 0.3 is 0 Å². The van der Waals surface area contributed by atoms with Crippen molar-refractivity contribution in [3.05, 3.63) is 101 Å². The van der Waals surface area contributed by atoms with Gasteiger partial charge in [0.25, 0.3) is 0 Å². The molecule has 1 aliphatic carbocycles. The van der Waals surface area contributed by atoms with Crippen molar-refractivity contribution in [2.75, 3.05) is 11.9 Å². The smallest absolute Gasteiger partial charge is 0.0455 e. The molecule has 33 heavy (non-hydrogen) atoms. The Labute approximate surface area is 200 Å². The zero-order chi connectivity index (χ0) is 24.0. The second-order valence-corrected chi connectivity index (χ2v) is 10.6. The highest BCUT2D eigenvalue weighted by molar-refractivity contribution is 5.93. The van der Waals surface area contributed by atoms with Gasteiger partial charge in [0.1, 0.15) is 0 Å². The zero-order valence-electron chi connectivity index (χ0n) is 21.5. The normalized spacial score (nSPS) is 21.7. The Bertz CT molecular complexity index is 1230. The van der Waals surface area contributed by atoms with Crippen molar-refractivity contribution in [3.8, 4) is 0 Å². The summed E-state index contributed by atoms with van der Waals surface area (Å²) in [5.41, 5.74) is 9.45. The monoisotopic (exact) mass is 437 g/mol. The van der Waals surface area contributed by atoms with Crippen molar-refractivity contribution in [2.24, 2.45) is 5.41 Å². The number of likely N-dealkylation sites (N-methyl/N-ethyl adjacent to an activating group) is 1. The SMILES string of the molecule is C=C1C=C2C(=C(CC)C/C=C\C=C/1)C(C)(C)C(C)(C)c1c(cc3ccccc3c1CC)N2C. The minimum Gasteiger partial charge on any atom is -0.344 e. The van der Waals surface area contributed by atoms with Gasteiger partial charge in [-0.05, 0) is 64.5 Å². The van der Waals surface area contributed by atoms with E-state index in [1.54, 1.807) is 0 Å². The fourth-order valence-electron chi connectivity index (χ4n) is 5.89. The lowest BCUT2D eigenvalue weighted by atomic mass is 9.58. The van der Waals surface area contributed by atoms with E-state index in [0.29, 0.717) is 0 Å². The molecule has 0 atom stereocenters. The van der Waals surface area contributed by atoms with E-state index in [1.165, 1.54) is 44.4 Å². The predicted molar refractivity (Wildman–Crippen MR) is 146 cm³/mol. The lowest BCUT2D eigenvalue weighted by molar-refractivity contribution is 0.252. The number of anilines is 1. The molecule has 0 bridgehead atoms. The first-order valence-electron chi connectivity index (χ1n) is 12.4. The van der Waals surface area contributed by atoms with Gasteiger partial charge in [0.2, 0.25) is 0 Å². The molecule has 172 valence electrons. The molecule has 0 fully saturated rings.